The van der Waals surface area contributed by atoms with E-state index in [1.807, 2.05) is 42.6 Å². The van der Waals surface area contributed by atoms with Crippen LogP contribution in [0, 0.1) is 6.33 Å². The SMILES string of the molecule is [2H]c1c([2H])c([2H])c(-c2cccc3c4ccccc4c4ccccc4c4c[c]([Ge]([c]5ccccc5)([c]5ccccc5)[c]5ccccc5)cc5c4n([c-][n+]5-c4cccc(Oc5ccc6c7ccccc7n(-c7cc(C(C)(C)C)ccn7)c6c5)c4)c23)c([2H])c1[2H]. The molecule has 0 saturated heterocycles. The van der Waals surface area contributed by atoms with Gasteiger partial charge in [0.15, 0.2) is 0 Å². The topological polar surface area (TPSA) is 35.3 Å². The fourth-order valence-electron chi connectivity index (χ4n) is 12.7. The number of hydrogen-bond donors (Lipinski definition) is 0. The monoisotopic (exact) mass is 1120 g/mol. The molecule has 0 spiro atoms. The Balaban J connectivity index is 1.07. The molecule has 390 valence electrons. The first-order valence-corrected chi connectivity index (χ1v) is 32.0. The number of aromatic nitrogens is 4. The number of rotatable bonds is 9. The summed E-state index contributed by atoms with van der Waals surface area (Å²) in [5.74, 6) is 2.08. The number of para-hydroxylation sites is 2. The van der Waals surface area contributed by atoms with Crippen LogP contribution >= 0.6 is 0 Å². The third kappa shape index (κ3) is 8.06. The van der Waals surface area contributed by atoms with Crippen LogP contribution in [0.5, 0.6) is 11.5 Å². The van der Waals surface area contributed by atoms with Gasteiger partial charge in [0.2, 0.25) is 0 Å². The van der Waals surface area contributed by atoms with Crippen molar-refractivity contribution in [3.05, 3.63) is 297 Å². The molecule has 0 radical (unpaired) electrons. The Labute approximate surface area is 486 Å². The predicted octanol–water partition coefficient (Wildman–Crippen LogP) is 15.8. The van der Waals surface area contributed by atoms with E-state index >= 15 is 0 Å². The second-order valence-electron chi connectivity index (χ2n) is 22.1. The van der Waals surface area contributed by atoms with Crippen molar-refractivity contribution in [1.82, 2.24) is 14.0 Å². The first kappa shape index (κ1) is 44.0. The summed E-state index contributed by atoms with van der Waals surface area (Å²) in [5, 5.41) is 7.89. The van der Waals surface area contributed by atoms with Gasteiger partial charge in [0, 0.05) is 11.6 Å². The van der Waals surface area contributed by atoms with Crippen LogP contribution in [-0.2, 0) is 5.41 Å². The summed E-state index contributed by atoms with van der Waals surface area (Å²) in [5.41, 5.74) is 6.74. The average molecular weight is 1120 g/mol. The van der Waals surface area contributed by atoms with Gasteiger partial charge in [0.1, 0.15) is 5.82 Å². The number of ether oxygens (including phenoxy) is 1. The van der Waals surface area contributed by atoms with E-state index in [-0.39, 0.29) is 23.1 Å². The van der Waals surface area contributed by atoms with Crippen LogP contribution in [0.2, 0.25) is 0 Å². The molecular formula is C76H56GeN4O. The minimum absolute atomic E-state index is 0.0839. The van der Waals surface area contributed by atoms with Crippen molar-refractivity contribution >= 4 is 102 Å². The molecule has 0 aliphatic carbocycles. The van der Waals surface area contributed by atoms with E-state index in [2.05, 4.69) is 253 Å². The fourth-order valence-corrected chi connectivity index (χ4v) is 22.7. The van der Waals surface area contributed by atoms with Gasteiger partial charge < -0.3 is 0 Å². The Morgan fingerprint density at radius 1 is 0.463 bits per heavy atom. The van der Waals surface area contributed by atoms with Crippen LogP contribution in [0.1, 0.15) is 33.2 Å². The van der Waals surface area contributed by atoms with E-state index in [4.69, 9.17) is 13.8 Å². The van der Waals surface area contributed by atoms with Crippen molar-refractivity contribution in [2.75, 3.05) is 0 Å². The van der Waals surface area contributed by atoms with Crippen LogP contribution < -0.4 is 26.9 Å². The summed E-state index contributed by atoms with van der Waals surface area (Å²) >= 11 is -4.11. The van der Waals surface area contributed by atoms with Gasteiger partial charge in [-0.3, -0.25) is 0 Å². The van der Waals surface area contributed by atoms with E-state index in [0.717, 1.165) is 76.7 Å². The van der Waals surface area contributed by atoms with Gasteiger partial charge in [-0.1, -0.05) is 39.0 Å². The third-order valence-corrected chi connectivity index (χ3v) is 26.3. The molecule has 0 saturated carbocycles. The molecule has 0 aliphatic rings. The normalized spacial score (nSPS) is 12.9. The summed E-state index contributed by atoms with van der Waals surface area (Å²) in [4.78, 5) is 4.94. The summed E-state index contributed by atoms with van der Waals surface area (Å²) in [6.07, 6.45) is 5.85. The average Bonchev–Trinajstić information content (AvgIpc) is 1.90. The maximum absolute atomic E-state index is 9.52. The second kappa shape index (κ2) is 19.8. The summed E-state index contributed by atoms with van der Waals surface area (Å²) < 4.78 is 64.1. The van der Waals surface area contributed by atoms with Gasteiger partial charge >= 0.3 is 393 Å². The molecule has 0 atom stereocenters. The number of benzene rings is 11. The number of fused-ring (bicyclic) bond motifs is 10. The molecule has 15 aromatic rings. The minimum atomic E-state index is -4.11. The molecule has 0 aliphatic heterocycles. The second-order valence-corrected chi connectivity index (χ2v) is 30.1. The Bertz CT molecular complexity index is 5190. The van der Waals surface area contributed by atoms with E-state index in [1.54, 1.807) is 0 Å². The molecule has 0 amide bonds. The zero-order valence-corrected chi connectivity index (χ0v) is 47.5. The Morgan fingerprint density at radius 3 is 1.68 bits per heavy atom. The Kier molecular flexibility index (Phi) is 10.6. The Hall–Kier alpha value is -9.82. The van der Waals surface area contributed by atoms with Gasteiger partial charge in [-0.15, -0.1) is 0 Å². The molecule has 11 aromatic carbocycles. The molecule has 4 heterocycles. The summed E-state index contributed by atoms with van der Waals surface area (Å²) in [6.45, 7) is 6.65. The molecule has 0 N–H and O–H groups in total. The number of imidazole rings is 1. The van der Waals surface area contributed by atoms with Crippen molar-refractivity contribution < 1.29 is 16.2 Å². The fraction of sp³-hybridized carbons (Fsp3) is 0.0526. The molecule has 6 heteroatoms. The van der Waals surface area contributed by atoms with Crippen LogP contribution in [0.25, 0.3) is 93.3 Å². The first-order valence-electron chi connectivity index (χ1n) is 30.3. The molecule has 4 aromatic heterocycles. The first-order chi connectivity index (χ1) is 42.4. The molecule has 15 rings (SSSR count). The van der Waals surface area contributed by atoms with Crippen LogP contribution in [0.15, 0.2) is 285 Å². The zero-order valence-electron chi connectivity index (χ0n) is 50.4. The molecule has 82 heavy (non-hydrogen) atoms. The van der Waals surface area contributed by atoms with E-state index in [0.29, 0.717) is 22.6 Å². The molecule has 5 nitrogen and oxygen atoms in total. The van der Waals surface area contributed by atoms with Crippen molar-refractivity contribution in [3.63, 3.8) is 0 Å². The standard InChI is InChI=1S/C76H56GeN4O/c1-76(2,3)53-44-45-78-73(46-53)81-70-41-21-20-38-66(70)67-43-42-60(50-71(67)81)82-59-33-22-32-58(49-59)79-51-80-74-61(52-24-8-4-9-25-52)39-23-40-68(74)64-36-18-16-34-62(64)63-35-17-19-37-65(63)69-47-57(48-72(79)75(69)80)77(54-26-10-5-11-27-54,55-28-12-6-13-29-55)56-30-14-7-15-31-56/h4-50H,1-3H3/i4D,8D,9D,24D,25D. The van der Waals surface area contributed by atoms with Gasteiger partial charge in [-0.2, -0.15) is 0 Å². The summed E-state index contributed by atoms with van der Waals surface area (Å²) in [6, 6.07) is 85.9. The van der Waals surface area contributed by atoms with Crippen LogP contribution in [-0.4, -0.2) is 27.2 Å². The van der Waals surface area contributed by atoms with Gasteiger partial charge in [0.05, 0.1) is 5.52 Å². The van der Waals surface area contributed by atoms with Crippen LogP contribution in [0.4, 0.5) is 0 Å². The predicted molar refractivity (Wildman–Crippen MR) is 343 cm³/mol. The molecule has 0 fully saturated rings. The van der Waals surface area contributed by atoms with E-state index in [1.165, 1.54) is 23.1 Å². The van der Waals surface area contributed by atoms with Crippen molar-refractivity contribution in [3.8, 4) is 34.1 Å². The van der Waals surface area contributed by atoms with E-state index < -0.39 is 31.4 Å². The molecular weight excluding hydrogens is 1060 g/mol. The van der Waals surface area contributed by atoms with Gasteiger partial charge in [0.25, 0.3) is 0 Å². The third-order valence-electron chi connectivity index (χ3n) is 16.4. The van der Waals surface area contributed by atoms with E-state index in [9.17, 15) is 2.74 Å². The van der Waals surface area contributed by atoms with Crippen molar-refractivity contribution in [2.45, 2.75) is 26.2 Å². The van der Waals surface area contributed by atoms with Crippen molar-refractivity contribution in [2.24, 2.45) is 0 Å². The van der Waals surface area contributed by atoms with Crippen LogP contribution in [0.3, 0.4) is 0 Å². The quantitative estimate of drug-likeness (QED) is 0.0820. The van der Waals surface area contributed by atoms with Crippen molar-refractivity contribution in [1.29, 1.82) is 0 Å². The number of pyridine rings is 1. The maximum atomic E-state index is 9.52. The molecule has 0 bridgehead atoms. The molecule has 0 unspecified atom stereocenters. The van der Waals surface area contributed by atoms with Gasteiger partial charge in [-0.25, -0.2) is 4.98 Å². The Morgan fingerprint density at radius 2 is 1.02 bits per heavy atom. The van der Waals surface area contributed by atoms with Gasteiger partial charge in [-0.05, 0) is 29.2 Å². The number of hydrogen-bond acceptors (Lipinski definition) is 2. The summed E-state index contributed by atoms with van der Waals surface area (Å²) in [7, 11) is 0. The number of nitrogens with zero attached hydrogens (tertiary/aromatic N) is 4. The zero-order chi connectivity index (χ0) is 59.3.